The van der Waals surface area contributed by atoms with Crippen LogP contribution in [-0.2, 0) is 11.3 Å². The highest BCUT2D eigenvalue weighted by molar-refractivity contribution is 5.75. The zero-order valence-electron chi connectivity index (χ0n) is 9.71. The van der Waals surface area contributed by atoms with E-state index in [2.05, 4.69) is 10.1 Å². The summed E-state index contributed by atoms with van der Waals surface area (Å²) in [6, 6.07) is 2.84. The molecule has 1 aliphatic carbocycles. The first-order valence-electron chi connectivity index (χ1n) is 5.68. The molecule has 0 unspecified atom stereocenters. The quantitative estimate of drug-likeness (QED) is 0.800. The van der Waals surface area contributed by atoms with E-state index in [4.69, 9.17) is 5.73 Å². The number of nitrogens with one attached hydrogen (secondary N) is 1. The van der Waals surface area contributed by atoms with E-state index in [0.29, 0.717) is 18.2 Å². The summed E-state index contributed by atoms with van der Waals surface area (Å²) in [6.07, 6.45) is 2.20. The van der Waals surface area contributed by atoms with Crippen molar-refractivity contribution in [3.63, 3.8) is 0 Å². The third-order valence-electron chi connectivity index (χ3n) is 2.59. The summed E-state index contributed by atoms with van der Waals surface area (Å²) in [5.41, 5.74) is 5.34. The van der Waals surface area contributed by atoms with E-state index in [-0.39, 0.29) is 0 Å². The lowest BCUT2D eigenvalue weighted by Crippen LogP contribution is -2.21. The molecule has 1 fully saturated rings. The normalized spacial score (nSPS) is 14.6. The number of benzene rings is 1. The second-order valence-electron chi connectivity index (χ2n) is 4.30. The molecule has 0 radical (unpaired) electrons. The van der Waals surface area contributed by atoms with Gasteiger partial charge in [0.15, 0.2) is 24.0 Å². The van der Waals surface area contributed by atoms with Gasteiger partial charge in [-0.3, -0.25) is 4.79 Å². The van der Waals surface area contributed by atoms with Crippen molar-refractivity contribution in [3.8, 4) is 5.75 Å². The van der Waals surface area contributed by atoms with Gasteiger partial charge in [0, 0.05) is 12.6 Å². The number of carbonyl (C=O) groups is 1. The number of carbonyl (C=O) groups excluding carboxylic acids is 1. The van der Waals surface area contributed by atoms with Crippen LogP contribution < -0.4 is 15.8 Å². The van der Waals surface area contributed by atoms with Gasteiger partial charge in [0.05, 0.1) is 0 Å². The minimum atomic E-state index is -0.830. The van der Waals surface area contributed by atoms with Crippen LogP contribution in [0.1, 0.15) is 18.4 Å². The van der Waals surface area contributed by atoms with Gasteiger partial charge in [-0.15, -0.1) is 0 Å². The van der Waals surface area contributed by atoms with Crippen molar-refractivity contribution in [2.24, 2.45) is 5.73 Å². The average molecular weight is 256 g/mol. The van der Waals surface area contributed by atoms with Gasteiger partial charge in [-0.25, -0.2) is 8.78 Å². The first-order valence-corrected chi connectivity index (χ1v) is 5.68. The SMILES string of the molecule is NC(=O)COc1c(F)cc(CNC2CC2)cc1F. The van der Waals surface area contributed by atoms with Crippen molar-refractivity contribution in [2.45, 2.75) is 25.4 Å². The fourth-order valence-corrected chi connectivity index (χ4v) is 1.55. The van der Waals surface area contributed by atoms with Gasteiger partial charge in [0.2, 0.25) is 0 Å². The fourth-order valence-electron chi connectivity index (χ4n) is 1.55. The predicted molar refractivity (Wildman–Crippen MR) is 60.9 cm³/mol. The molecule has 0 aromatic heterocycles. The molecule has 1 aliphatic rings. The van der Waals surface area contributed by atoms with Crippen LogP contribution in [-0.4, -0.2) is 18.6 Å². The van der Waals surface area contributed by atoms with Crippen LogP contribution in [0.3, 0.4) is 0 Å². The third kappa shape index (κ3) is 3.40. The lowest BCUT2D eigenvalue weighted by Gasteiger charge is -2.09. The Hall–Kier alpha value is -1.69. The van der Waals surface area contributed by atoms with E-state index in [1.807, 2.05) is 0 Å². The van der Waals surface area contributed by atoms with Crippen molar-refractivity contribution in [2.75, 3.05) is 6.61 Å². The summed E-state index contributed by atoms with van der Waals surface area (Å²) in [5.74, 6) is -3.01. The molecule has 4 nitrogen and oxygen atoms in total. The van der Waals surface area contributed by atoms with Gasteiger partial charge < -0.3 is 15.8 Å². The largest absolute Gasteiger partial charge is 0.478 e. The van der Waals surface area contributed by atoms with Crippen LogP contribution in [0.2, 0.25) is 0 Å². The Morgan fingerprint density at radius 2 is 2.00 bits per heavy atom. The van der Waals surface area contributed by atoms with Gasteiger partial charge in [0.25, 0.3) is 5.91 Å². The number of ether oxygens (including phenoxy) is 1. The molecule has 0 saturated heterocycles. The summed E-state index contributed by atoms with van der Waals surface area (Å²) in [5, 5.41) is 3.15. The van der Waals surface area contributed by atoms with E-state index in [0.717, 1.165) is 12.8 Å². The lowest BCUT2D eigenvalue weighted by atomic mass is 10.2. The van der Waals surface area contributed by atoms with E-state index in [9.17, 15) is 13.6 Å². The van der Waals surface area contributed by atoms with Crippen molar-refractivity contribution >= 4 is 5.91 Å². The molecular formula is C12H14F2N2O2. The van der Waals surface area contributed by atoms with Gasteiger partial charge >= 0.3 is 0 Å². The van der Waals surface area contributed by atoms with E-state index >= 15 is 0 Å². The maximum absolute atomic E-state index is 13.6. The molecule has 1 aromatic carbocycles. The van der Waals surface area contributed by atoms with Crippen molar-refractivity contribution in [3.05, 3.63) is 29.3 Å². The first-order chi connectivity index (χ1) is 8.56. The summed E-state index contributed by atoms with van der Waals surface area (Å²) in [4.78, 5) is 10.5. The number of hydrogen-bond acceptors (Lipinski definition) is 3. The minimum absolute atomic E-state index is 0.411. The zero-order valence-corrected chi connectivity index (χ0v) is 9.71. The van der Waals surface area contributed by atoms with E-state index in [1.165, 1.54) is 12.1 Å². The topological polar surface area (TPSA) is 64.4 Å². The Bertz CT molecular complexity index is 438. The maximum atomic E-state index is 13.6. The monoisotopic (exact) mass is 256 g/mol. The number of halogens is 2. The highest BCUT2D eigenvalue weighted by atomic mass is 19.1. The second-order valence-corrected chi connectivity index (χ2v) is 4.30. The van der Waals surface area contributed by atoms with Gasteiger partial charge in [-0.05, 0) is 30.5 Å². The Labute approximate surface area is 103 Å². The van der Waals surface area contributed by atoms with E-state index in [1.54, 1.807) is 0 Å². The molecule has 3 N–H and O–H groups in total. The highest BCUT2D eigenvalue weighted by Gasteiger charge is 2.21. The van der Waals surface area contributed by atoms with Crippen molar-refractivity contribution < 1.29 is 18.3 Å². The standard InChI is InChI=1S/C12H14F2N2O2/c13-9-3-7(5-16-8-1-2-8)4-10(14)12(9)18-6-11(15)17/h3-4,8,16H,1-2,5-6H2,(H2,15,17). The molecule has 18 heavy (non-hydrogen) atoms. The molecule has 1 amide bonds. The van der Waals surface area contributed by atoms with Crippen LogP contribution in [0.4, 0.5) is 8.78 Å². The Kier molecular flexibility index (Phi) is 3.76. The number of primary amides is 1. The minimum Gasteiger partial charge on any atom is -0.478 e. The Morgan fingerprint density at radius 3 is 2.50 bits per heavy atom. The molecule has 0 spiro atoms. The fraction of sp³-hybridized carbons (Fsp3) is 0.417. The van der Waals surface area contributed by atoms with E-state index < -0.39 is 29.9 Å². The molecule has 1 aromatic rings. The van der Waals surface area contributed by atoms with Crippen LogP contribution in [0.25, 0.3) is 0 Å². The zero-order chi connectivity index (χ0) is 13.1. The third-order valence-corrected chi connectivity index (χ3v) is 2.59. The molecule has 0 bridgehead atoms. The molecule has 0 aliphatic heterocycles. The molecule has 1 saturated carbocycles. The molecule has 0 heterocycles. The van der Waals surface area contributed by atoms with Crippen molar-refractivity contribution in [1.29, 1.82) is 0 Å². The summed E-state index contributed by atoms with van der Waals surface area (Å²) >= 11 is 0. The number of amides is 1. The number of hydrogen-bond donors (Lipinski definition) is 2. The Balaban J connectivity index is 2.04. The van der Waals surface area contributed by atoms with Crippen LogP contribution in [0.5, 0.6) is 5.75 Å². The van der Waals surface area contributed by atoms with Crippen LogP contribution in [0, 0.1) is 11.6 Å². The molecule has 0 atom stereocenters. The first kappa shape index (κ1) is 12.8. The maximum Gasteiger partial charge on any atom is 0.255 e. The molecule has 98 valence electrons. The molecular weight excluding hydrogens is 242 g/mol. The lowest BCUT2D eigenvalue weighted by molar-refractivity contribution is -0.120. The molecule has 6 heteroatoms. The van der Waals surface area contributed by atoms with Gasteiger partial charge in [-0.2, -0.15) is 0 Å². The van der Waals surface area contributed by atoms with Crippen LogP contribution in [0.15, 0.2) is 12.1 Å². The molecule has 2 rings (SSSR count). The number of rotatable bonds is 6. The predicted octanol–water partition coefficient (Wildman–Crippen LogP) is 1.08. The summed E-state index contributed by atoms with van der Waals surface area (Å²) < 4.78 is 31.8. The van der Waals surface area contributed by atoms with Crippen LogP contribution >= 0.6 is 0 Å². The Morgan fingerprint density at radius 1 is 1.39 bits per heavy atom. The second kappa shape index (κ2) is 5.30. The smallest absolute Gasteiger partial charge is 0.255 e. The van der Waals surface area contributed by atoms with Gasteiger partial charge in [0.1, 0.15) is 0 Å². The average Bonchev–Trinajstić information content (AvgIpc) is 3.08. The number of nitrogens with two attached hydrogens (primary N) is 1. The van der Waals surface area contributed by atoms with Crippen molar-refractivity contribution in [1.82, 2.24) is 5.32 Å². The summed E-state index contributed by atoms with van der Waals surface area (Å²) in [7, 11) is 0. The summed E-state index contributed by atoms with van der Waals surface area (Å²) in [6.45, 7) is -0.137. The van der Waals surface area contributed by atoms with Gasteiger partial charge in [-0.1, -0.05) is 0 Å². The highest BCUT2D eigenvalue weighted by Crippen LogP contribution is 2.24.